The highest BCUT2D eigenvalue weighted by atomic mass is 32.2. The first-order valence-corrected chi connectivity index (χ1v) is 20.4. The summed E-state index contributed by atoms with van der Waals surface area (Å²) in [7, 11) is 2.54. The average Bonchev–Trinajstić information content (AvgIpc) is 3.99. The fraction of sp³-hybridized carbons (Fsp3) is 0.421. The van der Waals surface area contributed by atoms with Crippen LogP contribution in [0.1, 0.15) is 45.4 Å². The SMILES string of the molecule is COC(=O)NC(C(=O)NCSCCc1ncc(-c2ccc3c(c2)Oc2ccc(-c4cnc(C5CSCN5C(=O)C(NC(=O)OC)C(C)C)[nH]4)cc2O3)[nH]1)C(C)C. The third kappa shape index (κ3) is 9.35. The minimum absolute atomic E-state index is 0.0927. The predicted molar refractivity (Wildman–Crippen MR) is 213 cm³/mol. The summed E-state index contributed by atoms with van der Waals surface area (Å²) in [5.41, 5.74) is 3.31. The highest BCUT2D eigenvalue weighted by Gasteiger charge is 2.38. The maximum atomic E-state index is 13.5. The van der Waals surface area contributed by atoms with Crippen molar-refractivity contribution in [3.05, 3.63) is 60.4 Å². The molecular weight excluding hydrogens is 761 g/mol. The molecule has 4 aromatic rings. The second kappa shape index (κ2) is 18.1. The van der Waals surface area contributed by atoms with E-state index >= 15 is 0 Å². The predicted octanol–water partition coefficient (Wildman–Crippen LogP) is 6.05. The first-order chi connectivity index (χ1) is 26.9. The summed E-state index contributed by atoms with van der Waals surface area (Å²) < 4.78 is 21.9. The van der Waals surface area contributed by atoms with Crippen molar-refractivity contribution < 1.29 is 38.1 Å². The van der Waals surface area contributed by atoms with E-state index in [4.69, 9.17) is 14.2 Å². The first kappa shape index (κ1) is 40.3. The molecule has 2 aromatic carbocycles. The number of nitrogens with one attached hydrogen (secondary N) is 5. The molecule has 0 bridgehead atoms. The van der Waals surface area contributed by atoms with Gasteiger partial charge in [-0.2, -0.15) is 0 Å². The summed E-state index contributed by atoms with van der Waals surface area (Å²) in [4.78, 5) is 67.3. The van der Waals surface area contributed by atoms with Crippen molar-refractivity contribution in [2.75, 3.05) is 37.5 Å². The molecule has 2 aromatic heterocycles. The normalized spacial score (nSPS) is 15.6. The number of alkyl carbamates (subject to hydrolysis) is 2. The van der Waals surface area contributed by atoms with E-state index in [0.717, 1.165) is 34.1 Å². The number of carbonyl (C=O) groups is 4. The fourth-order valence-corrected chi connectivity index (χ4v) is 8.06. The lowest BCUT2D eigenvalue weighted by Gasteiger charge is -2.29. The summed E-state index contributed by atoms with van der Waals surface area (Å²) in [6.45, 7) is 7.47. The number of amides is 4. The lowest BCUT2D eigenvalue weighted by Crippen LogP contribution is -2.51. The summed E-state index contributed by atoms with van der Waals surface area (Å²) in [6.07, 6.45) is 2.89. The smallest absolute Gasteiger partial charge is 0.407 e. The Morgan fingerprint density at radius 2 is 1.45 bits per heavy atom. The number of aromatic amines is 2. The Morgan fingerprint density at radius 3 is 2.05 bits per heavy atom. The molecule has 6 rings (SSSR count). The summed E-state index contributed by atoms with van der Waals surface area (Å²) >= 11 is 3.18. The topological polar surface area (TPSA) is 202 Å². The van der Waals surface area contributed by atoms with Gasteiger partial charge < -0.3 is 49.8 Å². The number of H-pyrrole nitrogens is 2. The third-order valence-corrected chi connectivity index (χ3v) is 11.1. The Bertz CT molecular complexity index is 2050. The maximum Gasteiger partial charge on any atom is 0.407 e. The van der Waals surface area contributed by atoms with Crippen molar-refractivity contribution in [2.45, 2.75) is 52.2 Å². The van der Waals surface area contributed by atoms with Crippen molar-refractivity contribution >= 4 is 47.5 Å². The number of carbonyl (C=O) groups excluding carboxylic acids is 4. The van der Waals surface area contributed by atoms with E-state index in [1.807, 2.05) is 64.1 Å². The van der Waals surface area contributed by atoms with Crippen molar-refractivity contribution in [1.29, 1.82) is 0 Å². The van der Waals surface area contributed by atoms with Crippen LogP contribution in [0.2, 0.25) is 0 Å². The molecule has 0 saturated carbocycles. The minimum atomic E-state index is -0.723. The molecule has 2 aliphatic heterocycles. The fourth-order valence-electron chi connectivity index (χ4n) is 6.16. The Balaban J connectivity index is 1.04. The number of aryl methyl sites for hydroxylation is 1. The number of hydrogen-bond donors (Lipinski definition) is 5. The Morgan fingerprint density at radius 1 is 0.857 bits per heavy atom. The number of ether oxygens (including phenoxy) is 4. The Kier molecular flexibility index (Phi) is 13.0. The van der Waals surface area contributed by atoms with Crippen molar-refractivity contribution in [1.82, 2.24) is 40.8 Å². The number of imidazole rings is 2. The van der Waals surface area contributed by atoms with Crippen molar-refractivity contribution in [3.8, 4) is 45.5 Å². The van der Waals surface area contributed by atoms with Crippen LogP contribution in [0.25, 0.3) is 22.5 Å². The van der Waals surface area contributed by atoms with Gasteiger partial charge in [0.05, 0.1) is 55.8 Å². The zero-order chi connectivity index (χ0) is 39.9. The van der Waals surface area contributed by atoms with E-state index < -0.39 is 24.3 Å². The van der Waals surface area contributed by atoms with E-state index in [1.165, 1.54) is 14.2 Å². The molecule has 4 amide bonds. The van der Waals surface area contributed by atoms with Crippen molar-refractivity contribution in [2.24, 2.45) is 11.8 Å². The molecule has 5 N–H and O–H groups in total. The summed E-state index contributed by atoms with van der Waals surface area (Å²) in [6, 6.07) is 9.66. The molecule has 3 unspecified atom stereocenters. The molecule has 298 valence electrons. The molecule has 0 aliphatic carbocycles. The molecule has 3 atom stereocenters. The molecular formula is C38H46N8O8S2. The number of rotatable bonds is 14. The number of aromatic nitrogens is 4. The van der Waals surface area contributed by atoms with Crippen LogP contribution in [0, 0.1) is 11.8 Å². The van der Waals surface area contributed by atoms with Crippen LogP contribution < -0.4 is 25.4 Å². The largest absolute Gasteiger partial charge is 0.453 e. The van der Waals surface area contributed by atoms with Crippen LogP contribution in [0.4, 0.5) is 9.59 Å². The van der Waals surface area contributed by atoms with Gasteiger partial charge in [-0.25, -0.2) is 19.6 Å². The van der Waals surface area contributed by atoms with E-state index in [0.29, 0.717) is 52.7 Å². The second-order valence-corrected chi connectivity index (χ2v) is 15.9. The number of thioether (sulfide) groups is 2. The molecule has 56 heavy (non-hydrogen) atoms. The monoisotopic (exact) mass is 806 g/mol. The van der Waals surface area contributed by atoms with Crippen LogP contribution in [-0.4, -0.2) is 98.4 Å². The molecule has 1 fully saturated rings. The van der Waals surface area contributed by atoms with Gasteiger partial charge in [-0.3, -0.25) is 9.59 Å². The Hall–Kier alpha value is -5.36. The van der Waals surface area contributed by atoms with Gasteiger partial charge in [-0.15, -0.1) is 23.5 Å². The van der Waals surface area contributed by atoms with Crippen LogP contribution in [0.5, 0.6) is 23.0 Å². The van der Waals surface area contributed by atoms with Gasteiger partial charge in [-0.05, 0) is 48.2 Å². The van der Waals surface area contributed by atoms with Crippen LogP contribution >= 0.6 is 23.5 Å². The zero-order valence-electron chi connectivity index (χ0n) is 32.0. The summed E-state index contributed by atoms with van der Waals surface area (Å²) in [5.74, 6) is 5.31. The number of fused-ring (bicyclic) bond motifs is 2. The second-order valence-electron chi connectivity index (χ2n) is 13.8. The quantitative estimate of drug-likeness (QED) is 0.0644. The van der Waals surface area contributed by atoms with Gasteiger partial charge in [-0.1, -0.05) is 27.7 Å². The highest BCUT2D eigenvalue weighted by Crippen LogP contribution is 2.47. The third-order valence-electron chi connectivity index (χ3n) is 9.29. The van der Waals surface area contributed by atoms with Crippen LogP contribution in [-0.2, 0) is 25.5 Å². The summed E-state index contributed by atoms with van der Waals surface area (Å²) in [5, 5.41) is 8.09. The van der Waals surface area contributed by atoms with Gasteiger partial charge >= 0.3 is 12.2 Å². The highest BCUT2D eigenvalue weighted by molar-refractivity contribution is 7.99. The Labute approximate surface area is 333 Å². The average molecular weight is 807 g/mol. The van der Waals surface area contributed by atoms with Gasteiger partial charge in [0.1, 0.15) is 23.7 Å². The minimum Gasteiger partial charge on any atom is -0.453 e. The number of hydrogen-bond acceptors (Lipinski definition) is 12. The van der Waals surface area contributed by atoms with E-state index in [1.54, 1.807) is 40.8 Å². The van der Waals surface area contributed by atoms with Crippen LogP contribution in [0.15, 0.2) is 48.8 Å². The molecule has 1 saturated heterocycles. The maximum absolute atomic E-state index is 13.5. The molecule has 4 heterocycles. The van der Waals surface area contributed by atoms with E-state index in [-0.39, 0.29) is 29.7 Å². The number of benzene rings is 2. The molecule has 16 nitrogen and oxygen atoms in total. The molecule has 2 aliphatic rings. The lowest BCUT2D eigenvalue weighted by molar-refractivity contribution is -0.135. The molecule has 0 spiro atoms. The standard InChI is InChI=1S/C38H46N8O8S2/c1-20(2)32(44-37(49)51-5)35(47)41-18-55-12-11-31-39-15-24(42-31)22-7-9-27-29(13-22)53-28-10-8-23(14-30(28)54-27)25-16-40-34(43-25)26-17-56-19-46(26)36(48)33(21(3)4)45-38(50)52-6/h7-10,13-16,20-21,26,32-33H,11-12,17-19H2,1-6H3,(H,39,42)(H,40,43)(H,41,47)(H,44,49)(H,45,50). The van der Waals surface area contributed by atoms with E-state index in [9.17, 15) is 19.2 Å². The van der Waals surface area contributed by atoms with Gasteiger partial charge in [0.15, 0.2) is 23.0 Å². The lowest BCUT2D eigenvalue weighted by atomic mass is 10.0. The number of methoxy groups -OCH3 is 2. The van der Waals surface area contributed by atoms with Gasteiger partial charge in [0.2, 0.25) is 11.8 Å². The zero-order valence-corrected chi connectivity index (χ0v) is 33.6. The van der Waals surface area contributed by atoms with Crippen LogP contribution in [0.3, 0.4) is 0 Å². The molecule has 18 heteroatoms. The van der Waals surface area contributed by atoms with E-state index in [2.05, 4.69) is 40.6 Å². The van der Waals surface area contributed by atoms with Gasteiger partial charge in [0, 0.05) is 29.1 Å². The van der Waals surface area contributed by atoms with Crippen molar-refractivity contribution in [3.63, 3.8) is 0 Å². The number of nitrogens with zero attached hydrogens (tertiary/aromatic N) is 3. The first-order valence-electron chi connectivity index (χ1n) is 18.1. The van der Waals surface area contributed by atoms with Gasteiger partial charge in [0.25, 0.3) is 0 Å². The molecule has 0 radical (unpaired) electrons.